The summed E-state index contributed by atoms with van der Waals surface area (Å²) in [6.07, 6.45) is 4.70. The molecule has 2 aromatic rings. The van der Waals surface area contributed by atoms with Gasteiger partial charge in [-0.2, -0.15) is 0 Å². The summed E-state index contributed by atoms with van der Waals surface area (Å²) in [6.45, 7) is 0. The number of aromatic nitrogens is 1. The number of nitrogens with zero attached hydrogens (tertiary/aromatic N) is 1. The van der Waals surface area contributed by atoms with Crippen molar-refractivity contribution in [2.45, 2.75) is 31.2 Å². The molecule has 1 aliphatic carbocycles. The van der Waals surface area contributed by atoms with Crippen LogP contribution in [-0.2, 0) is 9.47 Å². The number of hydrogen-bond acceptors (Lipinski definition) is 5. The molecule has 1 saturated carbocycles. The zero-order valence-electron chi connectivity index (χ0n) is 15.3. The van der Waals surface area contributed by atoms with Gasteiger partial charge in [0.2, 0.25) is 0 Å². The van der Waals surface area contributed by atoms with Crippen molar-refractivity contribution in [2.75, 3.05) is 14.2 Å². The molecule has 0 radical (unpaired) electrons. The quantitative estimate of drug-likeness (QED) is 0.695. The molecule has 1 aromatic heterocycles. The van der Waals surface area contributed by atoms with E-state index < -0.39 is 12.3 Å². The molecule has 0 spiro atoms. The highest BCUT2D eigenvalue weighted by molar-refractivity contribution is 5.98. The van der Waals surface area contributed by atoms with Gasteiger partial charge in [0.1, 0.15) is 6.04 Å². The molecule has 2 N–H and O–H groups in total. The predicted molar refractivity (Wildman–Crippen MR) is 99.2 cm³/mol. The molecule has 1 heterocycles. The lowest BCUT2D eigenvalue weighted by Crippen LogP contribution is -2.38. The first-order valence-corrected chi connectivity index (χ1v) is 8.79. The van der Waals surface area contributed by atoms with Gasteiger partial charge in [0, 0.05) is 43.8 Å². The van der Waals surface area contributed by atoms with Crippen LogP contribution in [0.3, 0.4) is 0 Å². The SMILES string of the molecule is COC(OC)[C@H](NC(=O)c1ccc(C(=O)NC2CC2)cc1)c1cccnc1. The van der Waals surface area contributed by atoms with Gasteiger partial charge in [0.25, 0.3) is 11.8 Å². The van der Waals surface area contributed by atoms with Crippen LogP contribution in [0.1, 0.15) is 45.2 Å². The lowest BCUT2D eigenvalue weighted by atomic mass is 10.1. The Balaban J connectivity index is 1.72. The van der Waals surface area contributed by atoms with E-state index in [9.17, 15) is 9.59 Å². The summed E-state index contributed by atoms with van der Waals surface area (Å²) in [5.41, 5.74) is 1.74. The van der Waals surface area contributed by atoms with Gasteiger partial charge in [-0.25, -0.2) is 0 Å². The van der Waals surface area contributed by atoms with E-state index in [2.05, 4.69) is 15.6 Å². The van der Waals surface area contributed by atoms with Gasteiger partial charge in [0.05, 0.1) is 0 Å². The molecule has 1 aromatic carbocycles. The molecule has 1 atom stereocenters. The molecule has 7 heteroatoms. The summed E-state index contributed by atoms with van der Waals surface area (Å²) in [5.74, 6) is -0.409. The van der Waals surface area contributed by atoms with E-state index in [1.807, 2.05) is 6.07 Å². The van der Waals surface area contributed by atoms with E-state index in [1.54, 1.807) is 42.7 Å². The second kappa shape index (κ2) is 8.75. The summed E-state index contributed by atoms with van der Waals surface area (Å²) in [4.78, 5) is 28.8. The van der Waals surface area contributed by atoms with E-state index in [1.165, 1.54) is 14.2 Å². The highest BCUT2D eigenvalue weighted by Gasteiger charge is 2.26. The molecule has 142 valence electrons. The number of pyridine rings is 1. The Kier molecular flexibility index (Phi) is 6.16. The molecule has 0 saturated heterocycles. The summed E-state index contributed by atoms with van der Waals surface area (Å²) in [5, 5.41) is 5.84. The van der Waals surface area contributed by atoms with Gasteiger partial charge in [-0.3, -0.25) is 14.6 Å². The van der Waals surface area contributed by atoms with Crippen LogP contribution in [0.5, 0.6) is 0 Å². The van der Waals surface area contributed by atoms with Gasteiger partial charge < -0.3 is 20.1 Å². The van der Waals surface area contributed by atoms with E-state index in [0.717, 1.165) is 18.4 Å². The third-order valence-electron chi connectivity index (χ3n) is 4.39. The average molecular weight is 369 g/mol. The van der Waals surface area contributed by atoms with Crippen LogP contribution in [0.2, 0.25) is 0 Å². The largest absolute Gasteiger partial charge is 0.353 e. The molecule has 0 bridgehead atoms. The number of ether oxygens (including phenoxy) is 2. The lowest BCUT2D eigenvalue weighted by Gasteiger charge is -2.26. The van der Waals surface area contributed by atoms with Gasteiger partial charge in [-0.1, -0.05) is 6.07 Å². The maximum Gasteiger partial charge on any atom is 0.251 e. The number of carbonyl (C=O) groups is 2. The molecular weight excluding hydrogens is 346 g/mol. The van der Waals surface area contributed by atoms with E-state index in [0.29, 0.717) is 17.2 Å². The van der Waals surface area contributed by atoms with E-state index in [-0.39, 0.29) is 11.8 Å². The number of methoxy groups -OCH3 is 2. The number of benzene rings is 1. The van der Waals surface area contributed by atoms with Crippen molar-refractivity contribution >= 4 is 11.8 Å². The molecule has 0 aliphatic heterocycles. The zero-order valence-corrected chi connectivity index (χ0v) is 15.3. The molecule has 2 amide bonds. The van der Waals surface area contributed by atoms with Gasteiger partial charge in [0.15, 0.2) is 6.29 Å². The minimum absolute atomic E-state index is 0.114. The third-order valence-corrected chi connectivity index (χ3v) is 4.39. The van der Waals surface area contributed by atoms with Gasteiger partial charge >= 0.3 is 0 Å². The molecule has 1 aliphatic rings. The number of carbonyl (C=O) groups excluding carboxylic acids is 2. The smallest absolute Gasteiger partial charge is 0.251 e. The molecule has 1 fully saturated rings. The monoisotopic (exact) mass is 369 g/mol. The fourth-order valence-electron chi connectivity index (χ4n) is 2.73. The first-order chi connectivity index (χ1) is 13.1. The number of nitrogens with one attached hydrogen (secondary N) is 2. The Labute approximate surface area is 158 Å². The summed E-state index contributed by atoms with van der Waals surface area (Å²) in [7, 11) is 3.02. The van der Waals surface area contributed by atoms with E-state index in [4.69, 9.17) is 9.47 Å². The van der Waals surface area contributed by atoms with Crippen LogP contribution in [0, 0.1) is 0 Å². The Morgan fingerprint density at radius 2 is 1.67 bits per heavy atom. The van der Waals surface area contributed by atoms with Crippen LogP contribution in [0.15, 0.2) is 48.8 Å². The van der Waals surface area contributed by atoms with Crippen LogP contribution < -0.4 is 10.6 Å². The van der Waals surface area contributed by atoms with Crippen LogP contribution >= 0.6 is 0 Å². The topological polar surface area (TPSA) is 89.5 Å². The normalized spacial score (nSPS) is 14.6. The first-order valence-electron chi connectivity index (χ1n) is 8.79. The highest BCUT2D eigenvalue weighted by atomic mass is 16.7. The summed E-state index contributed by atoms with van der Waals surface area (Å²) >= 11 is 0. The molecule has 7 nitrogen and oxygen atoms in total. The van der Waals surface area contributed by atoms with Crippen molar-refractivity contribution in [1.29, 1.82) is 0 Å². The van der Waals surface area contributed by atoms with E-state index >= 15 is 0 Å². The number of rotatable bonds is 8. The fourth-order valence-corrected chi connectivity index (χ4v) is 2.73. The second-order valence-corrected chi connectivity index (χ2v) is 6.40. The van der Waals surface area contributed by atoms with Crippen molar-refractivity contribution < 1.29 is 19.1 Å². The lowest BCUT2D eigenvalue weighted by molar-refractivity contribution is -0.122. The van der Waals surface area contributed by atoms with Crippen LogP contribution in [0.25, 0.3) is 0 Å². The van der Waals surface area contributed by atoms with Crippen molar-refractivity contribution in [3.8, 4) is 0 Å². The number of hydrogen-bond donors (Lipinski definition) is 2. The van der Waals surface area contributed by atoms with Crippen molar-refractivity contribution in [2.24, 2.45) is 0 Å². The second-order valence-electron chi connectivity index (χ2n) is 6.40. The summed E-state index contributed by atoms with van der Waals surface area (Å²) in [6, 6.07) is 9.95. The maximum absolute atomic E-state index is 12.7. The van der Waals surface area contributed by atoms with Crippen molar-refractivity contribution in [3.05, 3.63) is 65.5 Å². The fraction of sp³-hybridized carbons (Fsp3) is 0.350. The maximum atomic E-state index is 12.7. The Morgan fingerprint density at radius 1 is 1.04 bits per heavy atom. The van der Waals surface area contributed by atoms with Crippen LogP contribution in [-0.4, -0.2) is 43.3 Å². The Bertz CT molecular complexity index is 772. The first kappa shape index (κ1) is 19.0. The molecule has 0 unspecified atom stereocenters. The summed E-state index contributed by atoms with van der Waals surface area (Å²) < 4.78 is 10.7. The van der Waals surface area contributed by atoms with Crippen LogP contribution in [0.4, 0.5) is 0 Å². The minimum atomic E-state index is -0.665. The standard InChI is InChI=1S/C20H23N3O4/c1-26-20(27-2)17(15-4-3-11-21-12-15)23-19(25)14-7-5-13(6-8-14)18(24)22-16-9-10-16/h3-8,11-12,16-17,20H,9-10H2,1-2H3,(H,22,24)(H,23,25)/t17-/m1/s1. The zero-order chi connectivity index (χ0) is 19.2. The Hall–Kier alpha value is -2.77. The predicted octanol–water partition coefficient (Wildman–Crippen LogP) is 2.06. The number of amides is 2. The van der Waals surface area contributed by atoms with Gasteiger partial charge in [-0.05, 0) is 48.7 Å². The highest BCUT2D eigenvalue weighted by Crippen LogP contribution is 2.21. The van der Waals surface area contributed by atoms with Crippen molar-refractivity contribution in [1.82, 2.24) is 15.6 Å². The minimum Gasteiger partial charge on any atom is -0.353 e. The van der Waals surface area contributed by atoms with Crippen molar-refractivity contribution in [3.63, 3.8) is 0 Å². The third kappa shape index (κ3) is 4.90. The molecular formula is C20H23N3O4. The molecule has 3 rings (SSSR count). The average Bonchev–Trinajstić information content (AvgIpc) is 3.52. The Morgan fingerprint density at radius 3 is 2.19 bits per heavy atom. The van der Waals surface area contributed by atoms with Gasteiger partial charge in [-0.15, -0.1) is 0 Å². The molecule has 27 heavy (non-hydrogen) atoms.